The molecule has 1 aromatic carbocycles. The molecule has 88 valence electrons. The number of esters is 1. The first-order chi connectivity index (χ1) is 7.40. The van der Waals surface area contributed by atoms with E-state index in [4.69, 9.17) is 0 Å². The fourth-order valence-electron chi connectivity index (χ4n) is 1.02. The largest absolute Gasteiger partial charge is 0.469 e. The Morgan fingerprint density at radius 2 is 1.56 bits per heavy atom. The average Bonchev–Trinajstić information content (AvgIpc) is 2.29. The van der Waals surface area contributed by atoms with Gasteiger partial charge in [-0.2, -0.15) is 0 Å². The number of carbonyl (C=O) groups excluding carboxylic acids is 1. The highest BCUT2D eigenvalue weighted by molar-refractivity contribution is 9.10. The second-order valence-corrected chi connectivity index (χ2v) is 3.59. The zero-order chi connectivity index (χ0) is 12.5. The van der Waals surface area contributed by atoms with Gasteiger partial charge in [-0.25, -0.2) is 17.6 Å². The Labute approximate surface area is 96.3 Å². The fourth-order valence-corrected chi connectivity index (χ4v) is 1.37. The van der Waals surface area contributed by atoms with Crippen LogP contribution in [-0.2, 0) is 16.0 Å². The van der Waals surface area contributed by atoms with E-state index in [1.165, 1.54) is 0 Å². The zero-order valence-electron chi connectivity index (χ0n) is 7.91. The molecule has 0 fully saturated rings. The first-order valence-electron chi connectivity index (χ1n) is 3.97. The highest BCUT2D eigenvalue weighted by Gasteiger charge is 2.25. The summed E-state index contributed by atoms with van der Waals surface area (Å²) in [6.07, 6.45) is -0.880. The number of methoxy groups -OCH3 is 1. The van der Waals surface area contributed by atoms with Gasteiger partial charge in [0.1, 0.15) is 0 Å². The standard InChI is InChI=1S/C9H5BrF4O2/c1-16-4(15)2-3-6(11)8(13)5(10)9(14)7(3)12/h2H2,1H3. The Hall–Kier alpha value is -1.11. The summed E-state index contributed by atoms with van der Waals surface area (Å²) in [5.74, 6) is -7.40. The molecular formula is C9H5BrF4O2. The van der Waals surface area contributed by atoms with E-state index in [1.54, 1.807) is 0 Å². The van der Waals surface area contributed by atoms with E-state index in [0.29, 0.717) is 0 Å². The quantitative estimate of drug-likeness (QED) is 0.363. The van der Waals surface area contributed by atoms with Crippen LogP contribution in [0.25, 0.3) is 0 Å². The molecule has 7 heteroatoms. The van der Waals surface area contributed by atoms with Crippen molar-refractivity contribution in [2.75, 3.05) is 7.11 Å². The molecule has 16 heavy (non-hydrogen) atoms. The second kappa shape index (κ2) is 4.82. The minimum atomic E-state index is -1.61. The molecule has 1 rings (SSSR count). The summed E-state index contributed by atoms with van der Waals surface area (Å²) in [6, 6.07) is 0. The van der Waals surface area contributed by atoms with Crippen molar-refractivity contribution in [3.8, 4) is 0 Å². The van der Waals surface area contributed by atoms with Crippen LogP contribution >= 0.6 is 15.9 Å². The lowest BCUT2D eigenvalue weighted by Crippen LogP contribution is -2.11. The molecular weight excluding hydrogens is 296 g/mol. The van der Waals surface area contributed by atoms with Gasteiger partial charge in [0, 0.05) is 5.56 Å². The zero-order valence-corrected chi connectivity index (χ0v) is 9.50. The summed E-state index contributed by atoms with van der Waals surface area (Å²) in [6.45, 7) is 0. The van der Waals surface area contributed by atoms with Crippen molar-refractivity contribution in [2.24, 2.45) is 0 Å². The minimum absolute atomic E-state index is 0.880. The first-order valence-corrected chi connectivity index (χ1v) is 4.76. The molecule has 0 radical (unpaired) electrons. The Balaban J connectivity index is 3.34. The van der Waals surface area contributed by atoms with Crippen LogP contribution in [0.15, 0.2) is 4.47 Å². The number of carbonyl (C=O) groups is 1. The number of halogens is 5. The molecule has 2 nitrogen and oxygen atoms in total. The average molecular weight is 301 g/mol. The lowest BCUT2D eigenvalue weighted by atomic mass is 10.1. The molecule has 0 aliphatic carbocycles. The summed E-state index contributed by atoms with van der Waals surface area (Å²) < 4.78 is 55.6. The van der Waals surface area contributed by atoms with Crippen LogP contribution in [0.4, 0.5) is 17.6 Å². The number of ether oxygens (including phenoxy) is 1. The molecule has 0 N–H and O–H groups in total. The number of hydrogen-bond donors (Lipinski definition) is 0. The van der Waals surface area contributed by atoms with E-state index in [-0.39, 0.29) is 0 Å². The molecule has 0 bridgehead atoms. The summed E-state index contributed by atoms with van der Waals surface area (Å²) in [5, 5.41) is 0. The Kier molecular flexibility index (Phi) is 3.90. The van der Waals surface area contributed by atoms with Gasteiger partial charge < -0.3 is 4.74 Å². The van der Waals surface area contributed by atoms with Crippen molar-refractivity contribution >= 4 is 21.9 Å². The van der Waals surface area contributed by atoms with E-state index >= 15 is 0 Å². The fraction of sp³-hybridized carbons (Fsp3) is 0.222. The molecule has 0 aliphatic rings. The minimum Gasteiger partial charge on any atom is -0.469 e. The van der Waals surface area contributed by atoms with E-state index in [0.717, 1.165) is 7.11 Å². The van der Waals surface area contributed by atoms with E-state index in [2.05, 4.69) is 20.7 Å². The van der Waals surface area contributed by atoms with Gasteiger partial charge in [-0.1, -0.05) is 0 Å². The smallest absolute Gasteiger partial charge is 0.310 e. The molecule has 0 saturated carbocycles. The lowest BCUT2D eigenvalue weighted by Gasteiger charge is -2.07. The molecule has 0 atom stereocenters. The van der Waals surface area contributed by atoms with E-state index in [1.807, 2.05) is 0 Å². The first kappa shape index (κ1) is 13.0. The van der Waals surface area contributed by atoms with Crippen molar-refractivity contribution in [3.63, 3.8) is 0 Å². The molecule has 0 heterocycles. The predicted octanol–water partition coefficient (Wildman–Crippen LogP) is 2.72. The maximum absolute atomic E-state index is 13.2. The molecule has 1 aromatic rings. The van der Waals surface area contributed by atoms with Gasteiger partial charge in [-0.15, -0.1) is 0 Å². The number of rotatable bonds is 2. The van der Waals surface area contributed by atoms with Crippen LogP contribution in [0, 0.1) is 23.3 Å². The van der Waals surface area contributed by atoms with Crippen molar-refractivity contribution in [2.45, 2.75) is 6.42 Å². The van der Waals surface area contributed by atoms with Gasteiger partial charge in [0.05, 0.1) is 18.0 Å². The predicted molar refractivity (Wildman–Crippen MR) is 49.7 cm³/mol. The van der Waals surface area contributed by atoms with Crippen LogP contribution < -0.4 is 0 Å². The summed E-state index contributed by atoms with van der Waals surface area (Å²) >= 11 is 2.35. The molecule has 0 spiro atoms. The molecule has 0 aliphatic heterocycles. The summed E-state index contributed by atoms with van der Waals surface area (Å²) in [4.78, 5) is 10.8. The maximum atomic E-state index is 13.2. The highest BCUT2D eigenvalue weighted by Crippen LogP contribution is 2.28. The van der Waals surface area contributed by atoms with Gasteiger partial charge in [0.25, 0.3) is 0 Å². The molecule has 0 saturated heterocycles. The van der Waals surface area contributed by atoms with Crippen molar-refractivity contribution < 1.29 is 27.1 Å². The molecule has 0 aromatic heterocycles. The van der Waals surface area contributed by atoms with Crippen molar-refractivity contribution in [1.82, 2.24) is 0 Å². The third-order valence-electron chi connectivity index (χ3n) is 1.85. The highest BCUT2D eigenvalue weighted by atomic mass is 79.9. The molecule has 0 unspecified atom stereocenters. The third kappa shape index (κ3) is 2.18. The third-order valence-corrected chi connectivity index (χ3v) is 2.55. The van der Waals surface area contributed by atoms with Crippen LogP contribution in [0.3, 0.4) is 0 Å². The van der Waals surface area contributed by atoms with Gasteiger partial charge in [-0.3, -0.25) is 4.79 Å². The van der Waals surface area contributed by atoms with E-state index in [9.17, 15) is 22.4 Å². The lowest BCUT2D eigenvalue weighted by molar-refractivity contribution is -0.139. The van der Waals surface area contributed by atoms with Crippen LogP contribution in [-0.4, -0.2) is 13.1 Å². The van der Waals surface area contributed by atoms with Crippen molar-refractivity contribution in [3.05, 3.63) is 33.3 Å². The van der Waals surface area contributed by atoms with Gasteiger partial charge in [0.15, 0.2) is 23.3 Å². The number of benzene rings is 1. The second-order valence-electron chi connectivity index (χ2n) is 2.80. The Bertz CT molecular complexity index is 419. The van der Waals surface area contributed by atoms with Gasteiger partial charge in [0.2, 0.25) is 0 Å². The van der Waals surface area contributed by atoms with Gasteiger partial charge >= 0.3 is 5.97 Å². The Morgan fingerprint density at radius 1 is 1.12 bits per heavy atom. The normalized spacial score (nSPS) is 10.4. The monoisotopic (exact) mass is 300 g/mol. The summed E-state index contributed by atoms with van der Waals surface area (Å²) in [7, 11) is 0.990. The maximum Gasteiger partial charge on any atom is 0.310 e. The summed E-state index contributed by atoms with van der Waals surface area (Å²) in [5.41, 5.74) is -0.995. The Morgan fingerprint density at radius 3 is 1.94 bits per heavy atom. The van der Waals surface area contributed by atoms with Crippen LogP contribution in [0.2, 0.25) is 0 Å². The van der Waals surface area contributed by atoms with Crippen LogP contribution in [0.5, 0.6) is 0 Å². The SMILES string of the molecule is COC(=O)Cc1c(F)c(F)c(Br)c(F)c1F. The topological polar surface area (TPSA) is 26.3 Å². The number of hydrogen-bond acceptors (Lipinski definition) is 2. The van der Waals surface area contributed by atoms with Crippen molar-refractivity contribution in [1.29, 1.82) is 0 Å². The van der Waals surface area contributed by atoms with E-state index < -0.39 is 45.7 Å². The molecule has 0 amide bonds. The van der Waals surface area contributed by atoms with Gasteiger partial charge in [-0.05, 0) is 15.9 Å². The van der Waals surface area contributed by atoms with Crippen LogP contribution in [0.1, 0.15) is 5.56 Å².